The molecule has 0 aliphatic carbocycles. The van der Waals surface area contributed by atoms with E-state index in [0.29, 0.717) is 34.8 Å². The van der Waals surface area contributed by atoms with Crippen LogP contribution < -0.4 is 0 Å². The summed E-state index contributed by atoms with van der Waals surface area (Å²) >= 11 is 1.10. The summed E-state index contributed by atoms with van der Waals surface area (Å²) in [5.41, 5.74) is 0. The first-order valence-electron chi connectivity index (χ1n) is 16.7. The van der Waals surface area contributed by atoms with Gasteiger partial charge in [0, 0.05) is 29.3 Å². The zero-order chi connectivity index (χ0) is 56.1. The lowest BCUT2D eigenvalue weighted by atomic mass is 10.1. The number of halogens is 30. The third-order valence-corrected chi connectivity index (χ3v) is 13.0. The summed E-state index contributed by atoms with van der Waals surface area (Å²) in [5.74, 6) is -38.3. The average molecular weight is 1190 g/mol. The molecule has 40 heteroatoms. The van der Waals surface area contributed by atoms with E-state index in [2.05, 4.69) is 9.47 Å². The summed E-state index contributed by atoms with van der Waals surface area (Å²) in [7, 11) is 0. The number of hydrogen-bond acceptors (Lipinski definition) is 10. The van der Waals surface area contributed by atoms with Crippen molar-refractivity contribution < 1.29 is 160 Å². The topological polar surface area (TPSA) is 71.1 Å². The van der Waals surface area contributed by atoms with E-state index in [0.717, 1.165) is 24.3 Å². The molecule has 0 saturated carbocycles. The number of alkyl halides is 30. The molecule has 0 bridgehead atoms. The zero-order valence-corrected chi connectivity index (χ0v) is 35.3. The Balaban J connectivity index is 1.47. The molecule has 406 valence electrons. The summed E-state index contributed by atoms with van der Waals surface area (Å²) in [6, 6.07) is 6.87. The molecule has 0 aliphatic heterocycles. The van der Waals surface area contributed by atoms with Crippen molar-refractivity contribution in [1.82, 2.24) is 0 Å². The summed E-state index contributed by atoms with van der Waals surface area (Å²) < 4.78 is 408. The minimum atomic E-state index is -8.13. The van der Waals surface area contributed by atoms with Crippen molar-refractivity contribution in [2.24, 2.45) is 0 Å². The number of ketones is 2. The second-order valence-electron chi connectivity index (χ2n) is 13.1. The van der Waals surface area contributed by atoms with Crippen LogP contribution in [0.15, 0.2) is 48.5 Å². The van der Waals surface area contributed by atoms with Gasteiger partial charge in [-0.2, -0.15) is 132 Å². The van der Waals surface area contributed by atoms with E-state index in [1.165, 1.54) is 21.6 Å². The van der Waals surface area contributed by atoms with Crippen LogP contribution in [0.5, 0.6) is 0 Å². The van der Waals surface area contributed by atoms with Crippen molar-refractivity contribution in [3.63, 3.8) is 0 Å². The molecule has 0 amide bonds. The largest absolute Gasteiger partial charge is 0.460 e. The summed E-state index contributed by atoms with van der Waals surface area (Å²) in [6.07, 6.45) is -73.9. The molecule has 6 nitrogen and oxygen atoms in total. The first-order chi connectivity index (χ1) is 31.8. The summed E-state index contributed by atoms with van der Waals surface area (Å²) in [5, 5.41) is 0. The second-order valence-corrected chi connectivity index (χ2v) is 17.5. The maximum atomic E-state index is 14.4. The van der Waals surface area contributed by atoms with Crippen LogP contribution in [0.1, 0.15) is 19.3 Å². The molecule has 72 heavy (non-hydrogen) atoms. The van der Waals surface area contributed by atoms with Gasteiger partial charge < -0.3 is 0 Å². The Labute approximate surface area is 389 Å². The van der Waals surface area contributed by atoms with E-state index >= 15 is 0 Å². The van der Waals surface area contributed by atoms with Crippen molar-refractivity contribution in [2.45, 2.75) is 84.9 Å². The molecular formula is C32H8F30O6S4. The second kappa shape index (κ2) is 18.3. The molecule has 0 aromatic carbocycles. The van der Waals surface area contributed by atoms with Gasteiger partial charge in [0.1, 0.15) is 0 Å². The highest BCUT2D eigenvalue weighted by molar-refractivity contribution is 7.29. The zero-order valence-electron chi connectivity index (χ0n) is 32.0. The summed E-state index contributed by atoms with van der Waals surface area (Å²) in [4.78, 5) is 21.3. The van der Waals surface area contributed by atoms with Gasteiger partial charge in [0.25, 0.3) is 11.6 Å². The number of Topliss-reactive ketones (excluding diaryl/α,β-unsaturated/α-hetero) is 2. The third-order valence-electron chi connectivity index (χ3n) is 8.06. The minimum absolute atomic E-state index is 0.0620. The number of carbonyl (C=O) groups excluding carboxylic acids is 2. The van der Waals surface area contributed by atoms with Gasteiger partial charge in [0.2, 0.25) is 0 Å². The Morgan fingerprint density at radius 2 is 0.486 bits per heavy atom. The minimum Gasteiger partial charge on any atom is -0.283 e. The molecule has 0 radical (unpaired) electrons. The van der Waals surface area contributed by atoms with E-state index in [1.807, 2.05) is 0 Å². The highest BCUT2D eigenvalue weighted by Gasteiger charge is 2.87. The number of rotatable bonds is 21. The highest BCUT2D eigenvalue weighted by atomic mass is 32.1. The van der Waals surface area contributed by atoms with Crippen LogP contribution in [-0.2, 0) is 18.9 Å². The summed E-state index contributed by atoms with van der Waals surface area (Å²) in [6.45, 7) is 0. The number of thiophene rings is 4. The van der Waals surface area contributed by atoms with Crippen LogP contribution in [0.3, 0.4) is 0 Å². The SMILES string of the molecule is O=C(c1ccc(-c2ccc(-c3ccc(-c4ccc(C(=O)C(F)(F)OC(F)(F)C(F)(F)OC(F)(F)C(F)(F)C(F)(F)C(F)(F)F)s4)s3)s2)s1)C(F)(F)OC(F)(F)C(F)(F)OC(F)(F)C(F)(F)C(F)(F)C(F)(F)F. The molecular weight excluding hydrogens is 1180 g/mol. The molecule has 4 aromatic rings. The van der Waals surface area contributed by atoms with Gasteiger partial charge in [-0.3, -0.25) is 9.59 Å². The van der Waals surface area contributed by atoms with E-state index in [1.54, 1.807) is 0 Å². The fraction of sp³-hybridized carbons (Fsp3) is 0.438. The molecule has 0 unspecified atom stereocenters. The first kappa shape index (κ1) is 60.4. The standard InChI is InChI=1S/C32H8F30O6S4/c33-19(34,65-29(55,56)31(59,60)67-27(51,52)23(41,42)21(37,38)25(45,46)47)17(63)15-7-5-13(71-15)11-3-1-9(69-11)10-2-4-12(70-10)14-6-8-16(72-14)18(64)20(35,36)66-30(57,58)32(61,62)68-28(53,54)24(43,44)22(39,40)26(48,49)50/h1-8H. The van der Waals surface area contributed by atoms with Crippen LogP contribution in [0.25, 0.3) is 29.3 Å². The van der Waals surface area contributed by atoms with Crippen molar-refractivity contribution >= 4 is 56.9 Å². The third kappa shape index (κ3) is 10.8. The van der Waals surface area contributed by atoms with Crippen molar-refractivity contribution in [3.8, 4) is 29.3 Å². The fourth-order valence-corrected chi connectivity index (χ4v) is 8.72. The van der Waals surface area contributed by atoms with E-state index in [9.17, 15) is 141 Å². The monoisotopic (exact) mass is 1190 g/mol. The van der Waals surface area contributed by atoms with E-state index in [4.69, 9.17) is 0 Å². The van der Waals surface area contributed by atoms with E-state index in [-0.39, 0.29) is 51.9 Å². The van der Waals surface area contributed by atoms with Crippen molar-refractivity contribution in [3.05, 3.63) is 58.3 Å². The van der Waals surface area contributed by atoms with Crippen molar-refractivity contribution in [2.75, 3.05) is 0 Å². The highest BCUT2D eigenvalue weighted by Crippen LogP contribution is 2.58. The molecule has 0 N–H and O–H groups in total. The molecule has 0 atom stereocenters. The van der Waals surface area contributed by atoms with Crippen LogP contribution in [0.2, 0.25) is 0 Å². The lowest BCUT2D eigenvalue weighted by molar-refractivity contribution is -0.538. The molecule has 0 saturated heterocycles. The lowest BCUT2D eigenvalue weighted by Crippen LogP contribution is -2.64. The van der Waals surface area contributed by atoms with Gasteiger partial charge in [-0.25, -0.2) is 18.9 Å². The Kier molecular flexibility index (Phi) is 15.4. The fourth-order valence-electron chi connectivity index (χ4n) is 4.50. The molecule has 0 fully saturated rings. The maximum absolute atomic E-state index is 14.4. The van der Waals surface area contributed by atoms with Gasteiger partial charge in [-0.1, -0.05) is 0 Å². The molecule has 0 spiro atoms. The Bertz CT molecular complexity index is 2440. The van der Waals surface area contributed by atoms with Gasteiger partial charge in [-0.05, 0) is 48.5 Å². The van der Waals surface area contributed by atoms with Crippen LogP contribution in [0, 0.1) is 0 Å². The van der Waals surface area contributed by atoms with Crippen LogP contribution >= 0.6 is 45.3 Å². The smallest absolute Gasteiger partial charge is 0.283 e. The van der Waals surface area contributed by atoms with Gasteiger partial charge in [0.15, 0.2) is 0 Å². The number of carbonyl (C=O) groups is 2. The van der Waals surface area contributed by atoms with Crippen LogP contribution in [-0.4, -0.2) is 96.5 Å². The Morgan fingerprint density at radius 3 is 0.722 bits per heavy atom. The molecule has 4 aromatic heterocycles. The van der Waals surface area contributed by atoms with Crippen LogP contribution in [0.4, 0.5) is 132 Å². The quantitative estimate of drug-likeness (QED) is 0.0612. The Morgan fingerprint density at radius 1 is 0.278 bits per heavy atom. The van der Waals surface area contributed by atoms with E-state index < -0.39 is 106 Å². The Hall–Kier alpha value is -4.12. The molecule has 4 rings (SSSR count). The van der Waals surface area contributed by atoms with Gasteiger partial charge in [0.05, 0.1) is 9.75 Å². The predicted octanol–water partition coefficient (Wildman–Crippen LogP) is 15.8. The lowest BCUT2D eigenvalue weighted by Gasteiger charge is -2.36. The first-order valence-corrected chi connectivity index (χ1v) is 20.0. The molecule has 4 heterocycles. The van der Waals surface area contributed by atoms with Gasteiger partial charge in [-0.15, -0.1) is 45.3 Å². The number of ether oxygens (including phenoxy) is 4. The average Bonchev–Trinajstić information content (AvgIpc) is 4.01. The molecule has 0 aliphatic rings. The number of hydrogen-bond donors (Lipinski definition) is 0. The predicted molar refractivity (Wildman–Crippen MR) is 179 cm³/mol. The maximum Gasteiger partial charge on any atom is 0.460 e. The normalized spacial score (nSPS) is 15.1. The van der Waals surface area contributed by atoms with Crippen molar-refractivity contribution in [1.29, 1.82) is 0 Å². The van der Waals surface area contributed by atoms with Gasteiger partial charge >= 0.3 is 84.9 Å².